The molecule has 1 heterocycles. The van der Waals surface area contributed by atoms with Gasteiger partial charge in [0.15, 0.2) is 0 Å². The van der Waals surface area contributed by atoms with Crippen molar-refractivity contribution in [2.75, 3.05) is 33.3 Å². The van der Waals surface area contributed by atoms with E-state index in [0.29, 0.717) is 12.1 Å². The smallest absolute Gasteiger partial charge is 0.0599 e. The molecule has 0 saturated carbocycles. The van der Waals surface area contributed by atoms with Gasteiger partial charge in [0.1, 0.15) is 0 Å². The molecule has 0 aromatic rings. The maximum atomic E-state index is 5.88. The molecular weight excluding hydrogens is 200 g/mol. The second-order valence-electron chi connectivity index (χ2n) is 5.19. The maximum absolute atomic E-state index is 5.88. The molecule has 0 spiro atoms. The second-order valence-corrected chi connectivity index (χ2v) is 5.19. The Morgan fingerprint density at radius 2 is 1.94 bits per heavy atom. The zero-order valence-corrected chi connectivity index (χ0v) is 11.2. The molecule has 3 heteroatoms. The highest BCUT2D eigenvalue weighted by Gasteiger charge is 2.16. The molecule has 0 atom stereocenters. The normalized spacial score (nSPS) is 19.5. The minimum Gasteiger partial charge on any atom is -0.378 e. The lowest BCUT2D eigenvalue weighted by Gasteiger charge is -2.28. The zero-order chi connectivity index (χ0) is 11.8. The number of hydrogen-bond donors (Lipinski definition) is 1. The summed E-state index contributed by atoms with van der Waals surface area (Å²) >= 11 is 0. The van der Waals surface area contributed by atoms with Crippen molar-refractivity contribution in [3.8, 4) is 0 Å². The Bertz CT molecular complexity index is 165. The monoisotopic (exact) mass is 228 g/mol. The standard InChI is InChI=1S/C13H28N2O/c1-12(2)14-8-4-5-11-16-13-6-9-15(3)10-7-13/h12-14H,4-11H2,1-3H3. The predicted molar refractivity (Wildman–Crippen MR) is 68.8 cm³/mol. The van der Waals surface area contributed by atoms with Crippen LogP contribution in [0.2, 0.25) is 0 Å². The number of hydrogen-bond acceptors (Lipinski definition) is 3. The van der Waals surface area contributed by atoms with E-state index >= 15 is 0 Å². The van der Waals surface area contributed by atoms with Crippen LogP contribution in [0.1, 0.15) is 39.5 Å². The summed E-state index contributed by atoms with van der Waals surface area (Å²) in [5, 5.41) is 3.43. The van der Waals surface area contributed by atoms with Crippen molar-refractivity contribution in [3.63, 3.8) is 0 Å². The molecule has 0 unspecified atom stereocenters. The van der Waals surface area contributed by atoms with Crippen molar-refractivity contribution < 1.29 is 4.74 Å². The molecule has 16 heavy (non-hydrogen) atoms. The van der Waals surface area contributed by atoms with Gasteiger partial charge in [0.2, 0.25) is 0 Å². The van der Waals surface area contributed by atoms with E-state index in [1.54, 1.807) is 0 Å². The molecule has 0 bridgehead atoms. The van der Waals surface area contributed by atoms with Gasteiger partial charge in [-0.15, -0.1) is 0 Å². The summed E-state index contributed by atoms with van der Waals surface area (Å²) in [5.41, 5.74) is 0. The molecule has 96 valence electrons. The summed E-state index contributed by atoms with van der Waals surface area (Å²) in [5.74, 6) is 0. The highest BCUT2D eigenvalue weighted by Crippen LogP contribution is 2.12. The van der Waals surface area contributed by atoms with E-state index in [0.717, 1.165) is 13.2 Å². The lowest BCUT2D eigenvalue weighted by molar-refractivity contribution is 0.0109. The van der Waals surface area contributed by atoms with Crippen LogP contribution in [-0.2, 0) is 4.74 Å². The maximum Gasteiger partial charge on any atom is 0.0599 e. The Morgan fingerprint density at radius 3 is 2.56 bits per heavy atom. The van der Waals surface area contributed by atoms with Crippen LogP contribution in [-0.4, -0.2) is 50.3 Å². The summed E-state index contributed by atoms with van der Waals surface area (Å²) in [6, 6.07) is 0.606. The van der Waals surface area contributed by atoms with Crippen LogP contribution < -0.4 is 5.32 Å². The predicted octanol–water partition coefficient (Wildman–Crippen LogP) is 1.88. The molecule has 1 saturated heterocycles. The molecule has 1 rings (SSSR count). The van der Waals surface area contributed by atoms with Crippen LogP contribution in [0.25, 0.3) is 0 Å². The van der Waals surface area contributed by atoms with Crippen LogP contribution >= 0.6 is 0 Å². The number of likely N-dealkylation sites (tertiary alicyclic amines) is 1. The lowest BCUT2D eigenvalue weighted by atomic mass is 10.1. The highest BCUT2D eigenvalue weighted by molar-refractivity contribution is 4.69. The van der Waals surface area contributed by atoms with Gasteiger partial charge in [-0.2, -0.15) is 0 Å². The SMILES string of the molecule is CC(C)NCCCCOC1CCN(C)CC1. The number of rotatable bonds is 7. The van der Waals surface area contributed by atoms with E-state index < -0.39 is 0 Å². The van der Waals surface area contributed by atoms with Gasteiger partial charge in [-0.25, -0.2) is 0 Å². The number of nitrogens with one attached hydrogen (secondary N) is 1. The van der Waals surface area contributed by atoms with Crippen molar-refractivity contribution in [1.82, 2.24) is 10.2 Å². The van der Waals surface area contributed by atoms with Gasteiger partial charge in [0.25, 0.3) is 0 Å². The van der Waals surface area contributed by atoms with Gasteiger partial charge >= 0.3 is 0 Å². The van der Waals surface area contributed by atoms with Crippen LogP contribution in [0.3, 0.4) is 0 Å². The first-order valence-corrected chi connectivity index (χ1v) is 6.72. The van der Waals surface area contributed by atoms with E-state index in [1.165, 1.54) is 38.8 Å². The molecule has 1 aliphatic heterocycles. The van der Waals surface area contributed by atoms with Gasteiger partial charge in [0, 0.05) is 25.7 Å². The van der Waals surface area contributed by atoms with E-state index in [-0.39, 0.29) is 0 Å². The minimum atomic E-state index is 0.522. The third-order valence-corrected chi connectivity index (χ3v) is 3.14. The molecular formula is C13H28N2O. The Balaban J connectivity index is 1.87. The van der Waals surface area contributed by atoms with Gasteiger partial charge in [-0.1, -0.05) is 13.8 Å². The van der Waals surface area contributed by atoms with Gasteiger partial charge in [-0.3, -0.25) is 0 Å². The van der Waals surface area contributed by atoms with Gasteiger partial charge in [0.05, 0.1) is 6.10 Å². The van der Waals surface area contributed by atoms with E-state index in [9.17, 15) is 0 Å². The Hall–Kier alpha value is -0.120. The molecule has 1 aliphatic rings. The number of piperidine rings is 1. The van der Waals surface area contributed by atoms with Crippen LogP contribution in [0.15, 0.2) is 0 Å². The van der Waals surface area contributed by atoms with Crippen molar-refractivity contribution in [3.05, 3.63) is 0 Å². The Morgan fingerprint density at radius 1 is 1.25 bits per heavy atom. The number of unbranched alkanes of at least 4 members (excludes halogenated alkanes) is 1. The van der Waals surface area contributed by atoms with E-state index in [2.05, 4.69) is 31.1 Å². The molecule has 0 radical (unpaired) electrons. The first-order chi connectivity index (χ1) is 7.68. The molecule has 3 nitrogen and oxygen atoms in total. The molecule has 0 aliphatic carbocycles. The van der Waals surface area contributed by atoms with Crippen molar-refractivity contribution in [1.29, 1.82) is 0 Å². The molecule has 0 aromatic carbocycles. The minimum absolute atomic E-state index is 0.522. The summed E-state index contributed by atoms with van der Waals surface area (Å²) < 4.78 is 5.88. The third-order valence-electron chi connectivity index (χ3n) is 3.14. The summed E-state index contributed by atoms with van der Waals surface area (Å²) in [6.07, 6.45) is 5.35. The van der Waals surface area contributed by atoms with Crippen LogP contribution in [0, 0.1) is 0 Å². The van der Waals surface area contributed by atoms with Crippen molar-refractivity contribution in [2.45, 2.75) is 51.7 Å². The van der Waals surface area contributed by atoms with Crippen LogP contribution in [0.4, 0.5) is 0 Å². The van der Waals surface area contributed by atoms with E-state index in [4.69, 9.17) is 4.74 Å². The quantitative estimate of drug-likeness (QED) is 0.673. The first-order valence-electron chi connectivity index (χ1n) is 6.72. The summed E-state index contributed by atoms with van der Waals surface area (Å²) in [7, 11) is 2.19. The van der Waals surface area contributed by atoms with Crippen molar-refractivity contribution in [2.24, 2.45) is 0 Å². The van der Waals surface area contributed by atoms with Gasteiger partial charge in [-0.05, 0) is 39.3 Å². The fraction of sp³-hybridized carbons (Fsp3) is 1.00. The number of nitrogens with zero attached hydrogens (tertiary/aromatic N) is 1. The molecule has 0 aromatic heterocycles. The summed E-state index contributed by atoms with van der Waals surface area (Å²) in [6.45, 7) is 8.83. The Kier molecular flexibility index (Phi) is 7.01. The molecule has 0 amide bonds. The zero-order valence-electron chi connectivity index (χ0n) is 11.2. The van der Waals surface area contributed by atoms with Crippen molar-refractivity contribution >= 4 is 0 Å². The topological polar surface area (TPSA) is 24.5 Å². The second kappa shape index (κ2) is 8.04. The molecule has 1 fully saturated rings. The van der Waals surface area contributed by atoms with Gasteiger partial charge < -0.3 is 15.0 Å². The Labute approximate surface area is 101 Å². The summed E-state index contributed by atoms with van der Waals surface area (Å²) in [4.78, 5) is 2.38. The molecule has 1 N–H and O–H groups in total. The van der Waals surface area contributed by atoms with Crippen LogP contribution in [0.5, 0.6) is 0 Å². The number of ether oxygens (including phenoxy) is 1. The average Bonchev–Trinajstić information content (AvgIpc) is 2.25. The lowest BCUT2D eigenvalue weighted by Crippen LogP contribution is -2.34. The highest BCUT2D eigenvalue weighted by atomic mass is 16.5. The van der Waals surface area contributed by atoms with E-state index in [1.807, 2.05) is 0 Å². The fourth-order valence-corrected chi connectivity index (χ4v) is 2.02. The third kappa shape index (κ3) is 6.46. The average molecular weight is 228 g/mol. The largest absolute Gasteiger partial charge is 0.378 e. The fourth-order valence-electron chi connectivity index (χ4n) is 2.02. The first kappa shape index (κ1) is 13.9.